The molecule has 1 N–H and O–H groups in total. The number of carbonyl (C=O) groups excluding carboxylic acids is 1. The average molecular weight is 319 g/mol. The monoisotopic (exact) mass is 319 g/mol. The van der Waals surface area contributed by atoms with E-state index in [9.17, 15) is 9.59 Å². The first-order valence-corrected chi connectivity index (χ1v) is 7.98. The quantitative estimate of drug-likeness (QED) is 0.940. The van der Waals surface area contributed by atoms with Crippen LogP contribution in [0.4, 0.5) is 0 Å². The van der Waals surface area contributed by atoms with E-state index < -0.39 is 11.9 Å². The summed E-state index contributed by atoms with van der Waals surface area (Å²) in [4.78, 5) is 29.6. The van der Waals surface area contributed by atoms with Crippen LogP contribution in [0.25, 0.3) is 5.13 Å². The van der Waals surface area contributed by atoms with Crippen LogP contribution in [-0.2, 0) is 4.79 Å². The highest BCUT2D eigenvalue weighted by Crippen LogP contribution is 2.25. The van der Waals surface area contributed by atoms with Crippen molar-refractivity contribution in [1.82, 2.24) is 14.5 Å². The van der Waals surface area contributed by atoms with Gasteiger partial charge in [0.1, 0.15) is 0 Å². The lowest BCUT2D eigenvalue weighted by Crippen LogP contribution is -2.30. The van der Waals surface area contributed by atoms with Crippen molar-refractivity contribution in [3.8, 4) is 5.13 Å². The molecular formula is C15H17N3O3S. The smallest absolute Gasteiger partial charge is 0.308 e. The molecule has 3 rings (SSSR count). The van der Waals surface area contributed by atoms with Gasteiger partial charge in [0.15, 0.2) is 5.13 Å². The number of amides is 1. The van der Waals surface area contributed by atoms with E-state index in [4.69, 9.17) is 5.11 Å². The van der Waals surface area contributed by atoms with E-state index in [0.717, 1.165) is 16.5 Å². The Kier molecular flexibility index (Phi) is 3.74. The Morgan fingerprint density at radius 3 is 2.77 bits per heavy atom. The highest BCUT2D eigenvalue weighted by Gasteiger charge is 2.32. The van der Waals surface area contributed by atoms with Crippen molar-refractivity contribution in [3.63, 3.8) is 0 Å². The van der Waals surface area contributed by atoms with E-state index >= 15 is 0 Å². The summed E-state index contributed by atoms with van der Waals surface area (Å²) in [6.45, 7) is 4.62. The lowest BCUT2D eigenvalue weighted by atomic mass is 10.1. The number of carbonyl (C=O) groups is 2. The standard InChI is InChI=1S/C15H17N3O3S/c1-9-7-12(10(2)18(9)15-16-4-6-22-15)13(19)17-5-3-11(8-17)14(20)21/h4,6-7,11H,3,5,8H2,1-2H3,(H,20,21). The summed E-state index contributed by atoms with van der Waals surface area (Å²) < 4.78 is 1.96. The SMILES string of the molecule is Cc1cc(C(=O)N2CCC(C(=O)O)C2)c(C)n1-c1nccs1. The number of aliphatic carboxylic acids is 1. The second-order valence-corrected chi connectivity index (χ2v) is 6.38. The molecule has 116 valence electrons. The third kappa shape index (κ3) is 2.41. The Morgan fingerprint density at radius 2 is 2.18 bits per heavy atom. The van der Waals surface area contributed by atoms with Crippen molar-refractivity contribution >= 4 is 23.2 Å². The average Bonchev–Trinajstić information content (AvgIpc) is 3.18. The molecule has 1 aliphatic rings. The molecule has 7 heteroatoms. The molecule has 0 spiro atoms. The molecular weight excluding hydrogens is 302 g/mol. The predicted molar refractivity (Wildman–Crippen MR) is 82.6 cm³/mol. The van der Waals surface area contributed by atoms with E-state index in [0.29, 0.717) is 18.5 Å². The van der Waals surface area contributed by atoms with Gasteiger partial charge in [0.2, 0.25) is 0 Å². The fraction of sp³-hybridized carbons (Fsp3) is 0.400. The van der Waals surface area contributed by atoms with Gasteiger partial charge < -0.3 is 10.0 Å². The third-order valence-corrected chi connectivity index (χ3v) is 4.85. The molecule has 0 aromatic carbocycles. The highest BCUT2D eigenvalue weighted by atomic mass is 32.1. The van der Waals surface area contributed by atoms with Crippen molar-refractivity contribution in [2.75, 3.05) is 13.1 Å². The van der Waals surface area contributed by atoms with E-state index in [1.807, 2.05) is 29.9 Å². The number of thiazole rings is 1. The molecule has 1 saturated heterocycles. The number of nitrogens with zero attached hydrogens (tertiary/aromatic N) is 3. The van der Waals surface area contributed by atoms with Crippen LogP contribution in [0.15, 0.2) is 17.6 Å². The maximum absolute atomic E-state index is 12.7. The number of hydrogen-bond donors (Lipinski definition) is 1. The molecule has 2 aromatic heterocycles. The summed E-state index contributed by atoms with van der Waals surface area (Å²) in [7, 11) is 0. The van der Waals surface area contributed by atoms with Crippen LogP contribution in [0, 0.1) is 19.8 Å². The van der Waals surface area contributed by atoms with Crippen molar-refractivity contribution in [3.05, 3.63) is 34.6 Å². The lowest BCUT2D eigenvalue weighted by Gasteiger charge is -2.15. The summed E-state index contributed by atoms with van der Waals surface area (Å²) >= 11 is 1.52. The van der Waals surface area contributed by atoms with E-state index in [2.05, 4.69) is 4.98 Å². The molecule has 1 fully saturated rings. The first-order valence-electron chi connectivity index (χ1n) is 7.10. The molecule has 1 aliphatic heterocycles. The number of likely N-dealkylation sites (tertiary alicyclic amines) is 1. The van der Waals surface area contributed by atoms with Gasteiger partial charge in [-0.25, -0.2) is 4.98 Å². The van der Waals surface area contributed by atoms with Crippen molar-refractivity contribution in [2.24, 2.45) is 5.92 Å². The lowest BCUT2D eigenvalue weighted by molar-refractivity contribution is -0.141. The van der Waals surface area contributed by atoms with Crippen LogP contribution < -0.4 is 0 Å². The maximum Gasteiger partial charge on any atom is 0.308 e. The Hall–Kier alpha value is -2.15. The number of carboxylic acids is 1. The number of rotatable bonds is 3. The predicted octanol–water partition coefficient (Wildman–Crippen LogP) is 2.10. The first kappa shape index (κ1) is 14.8. The van der Waals surface area contributed by atoms with Crippen molar-refractivity contribution in [2.45, 2.75) is 20.3 Å². The van der Waals surface area contributed by atoms with Gasteiger partial charge in [-0.3, -0.25) is 14.2 Å². The van der Waals surface area contributed by atoms with Crippen LogP contribution in [0.3, 0.4) is 0 Å². The topological polar surface area (TPSA) is 75.4 Å². The zero-order chi connectivity index (χ0) is 15.9. The molecule has 0 saturated carbocycles. The van der Waals surface area contributed by atoms with Crippen LogP contribution in [0.5, 0.6) is 0 Å². The molecule has 1 amide bonds. The minimum Gasteiger partial charge on any atom is -0.481 e. The minimum atomic E-state index is -0.830. The van der Waals surface area contributed by atoms with Gasteiger partial charge in [-0.15, -0.1) is 11.3 Å². The molecule has 6 nitrogen and oxygen atoms in total. The van der Waals surface area contributed by atoms with Crippen LogP contribution in [0.1, 0.15) is 28.2 Å². The summed E-state index contributed by atoms with van der Waals surface area (Å²) in [6, 6.07) is 1.85. The minimum absolute atomic E-state index is 0.0975. The van der Waals surface area contributed by atoms with Crippen molar-refractivity contribution < 1.29 is 14.7 Å². The van der Waals surface area contributed by atoms with E-state index in [-0.39, 0.29) is 12.5 Å². The zero-order valence-electron chi connectivity index (χ0n) is 12.4. The summed E-state index contributed by atoms with van der Waals surface area (Å²) in [5.74, 6) is -1.38. The van der Waals surface area contributed by atoms with Gasteiger partial charge in [-0.05, 0) is 26.3 Å². The van der Waals surface area contributed by atoms with Gasteiger partial charge in [-0.1, -0.05) is 0 Å². The van der Waals surface area contributed by atoms with Gasteiger partial charge >= 0.3 is 5.97 Å². The molecule has 3 heterocycles. The van der Waals surface area contributed by atoms with Crippen LogP contribution >= 0.6 is 11.3 Å². The van der Waals surface area contributed by atoms with Crippen molar-refractivity contribution in [1.29, 1.82) is 0 Å². The Balaban J connectivity index is 1.89. The van der Waals surface area contributed by atoms with E-state index in [1.54, 1.807) is 11.1 Å². The Bertz CT molecular complexity index is 721. The fourth-order valence-corrected chi connectivity index (χ4v) is 3.67. The molecule has 22 heavy (non-hydrogen) atoms. The van der Waals surface area contributed by atoms with Gasteiger partial charge in [-0.2, -0.15) is 0 Å². The number of hydrogen-bond acceptors (Lipinski definition) is 4. The largest absolute Gasteiger partial charge is 0.481 e. The van der Waals surface area contributed by atoms with Gasteiger partial charge in [0.25, 0.3) is 5.91 Å². The highest BCUT2D eigenvalue weighted by molar-refractivity contribution is 7.12. The number of aromatic nitrogens is 2. The zero-order valence-corrected chi connectivity index (χ0v) is 13.3. The second-order valence-electron chi connectivity index (χ2n) is 5.51. The molecule has 0 bridgehead atoms. The van der Waals surface area contributed by atoms with Crippen LogP contribution in [-0.4, -0.2) is 44.5 Å². The van der Waals surface area contributed by atoms with E-state index in [1.165, 1.54) is 11.3 Å². The molecule has 1 unspecified atom stereocenters. The number of carboxylic acid groups (broad SMARTS) is 1. The summed E-state index contributed by atoms with van der Waals surface area (Å²) in [5, 5.41) is 11.8. The Labute approximate surface area is 132 Å². The summed E-state index contributed by atoms with van der Waals surface area (Å²) in [5.41, 5.74) is 2.42. The normalized spacial score (nSPS) is 17.9. The molecule has 1 atom stereocenters. The second kappa shape index (κ2) is 5.57. The molecule has 2 aromatic rings. The first-order chi connectivity index (χ1) is 10.5. The third-order valence-electron chi connectivity index (χ3n) is 4.10. The Morgan fingerprint density at radius 1 is 1.41 bits per heavy atom. The molecule has 0 aliphatic carbocycles. The van der Waals surface area contributed by atoms with Gasteiger partial charge in [0.05, 0.1) is 11.5 Å². The molecule has 0 radical (unpaired) electrons. The summed E-state index contributed by atoms with van der Waals surface area (Å²) in [6.07, 6.45) is 2.25. The fourth-order valence-electron chi connectivity index (χ4n) is 2.92. The van der Waals surface area contributed by atoms with Crippen LogP contribution in [0.2, 0.25) is 0 Å². The van der Waals surface area contributed by atoms with Gasteiger partial charge in [0, 0.05) is 36.1 Å². The maximum atomic E-state index is 12.7. The number of aryl methyl sites for hydroxylation is 1.